The van der Waals surface area contributed by atoms with Gasteiger partial charge in [-0.25, -0.2) is 4.98 Å². The number of nitrogens with zero attached hydrogens (tertiary/aromatic N) is 1. The SMILES string of the molecule is O=C(NC1CCC(Oc2ccc(C(F)(F)F)cn2)CC1)C1(c2ccc(Cl)cc2)CCCC1. The number of nitrogens with one attached hydrogen (secondary N) is 1. The van der Waals surface area contributed by atoms with Crippen LogP contribution in [0.3, 0.4) is 0 Å². The highest BCUT2D eigenvalue weighted by Crippen LogP contribution is 2.42. The molecule has 32 heavy (non-hydrogen) atoms. The molecular formula is C24H26ClF3N2O2. The summed E-state index contributed by atoms with van der Waals surface area (Å²) in [4.78, 5) is 17.1. The van der Waals surface area contributed by atoms with Crippen LogP contribution in [-0.4, -0.2) is 23.0 Å². The average molecular weight is 467 g/mol. The van der Waals surface area contributed by atoms with E-state index in [1.165, 1.54) is 6.07 Å². The number of carbonyl (C=O) groups is 1. The number of ether oxygens (including phenoxy) is 1. The quantitative estimate of drug-likeness (QED) is 0.581. The average Bonchev–Trinajstić information content (AvgIpc) is 3.27. The van der Waals surface area contributed by atoms with Crippen LogP contribution in [0.25, 0.3) is 0 Å². The largest absolute Gasteiger partial charge is 0.474 e. The Morgan fingerprint density at radius 3 is 2.25 bits per heavy atom. The van der Waals surface area contributed by atoms with Gasteiger partial charge in [-0.2, -0.15) is 13.2 Å². The summed E-state index contributed by atoms with van der Waals surface area (Å²) in [6.07, 6.45) is 2.91. The van der Waals surface area contributed by atoms with Gasteiger partial charge in [-0.15, -0.1) is 0 Å². The van der Waals surface area contributed by atoms with Crippen LogP contribution in [0.4, 0.5) is 13.2 Å². The molecule has 1 aromatic carbocycles. The zero-order chi connectivity index (χ0) is 22.8. The van der Waals surface area contributed by atoms with Crippen LogP contribution < -0.4 is 10.1 Å². The summed E-state index contributed by atoms with van der Waals surface area (Å²) in [7, 11) is 0. The van der Waals surface area contributed by atoms with Crippen molar-refractivity contribution in [3.05, 3.63) is 58.7 Å². The number of hydrogen-bond acceptors (Lipinski definition) is 3. The molecule has 1 heterocycles. The first-order chi connectivity index (χ1) is 15.3. The van der Waals surface area contributed by atoms with Gasteiger partial charge in [0.05, 0.1) is 11.0 Å². The van der Waals surface area contributed by atoms with E-state index >= 15 is 0 Å². The molecule has 1 N–H and O–H groups in total. The summed E-state index contributed by atoms with van der Waals surface area (Å²) >= 11 is 6.03. The zero-order valence-corrected chi connectivity index (χ0v) is 18.4. The summed E-state index contributed by atoms with van der Waals surface area (Å²) in [5.41, 5.74) is -0.276. The van der Waals surface area contributed by atoms with Gasteiger partial charge >= 0.3 is 6.18 Å². The van der Waals surface area contributed by atoms with Gasteiger partial charge in [0.15, 0.2) is 0 Å². The summed E-state index contributed by atoms with van der Waals surface area (Å²) in [6.45, 7) is 0. The molecule has 4 nitrogen and oxygen atoms in total. The molecule has 2 aliphatic carbocycles. The maximum absolute atomic E-state index is 13.3. The minimum atomic E-state index is -4.41. The highest BCUT2D eigenvalue weighted by molar-refractivity contribution is 6.30. The van der Waals surface area contributed by atoms with E-state index in [0.717, 1.165) is 56.4 Å². The van der Waals surface area contributed by atoms with Gasteiger partial charge in [0.1, 0.15) is 6.10 Å². The first-order valence-electron chi connectivity index (χ1n) is 11.0. The summed E-state index contributed by atoms with van der Waals surface area (Å²) in [5.74, 6) is 0.268. The lowest BCUT2D eigenvalue weighted by atomic mass is 9.77. The van der Waals surface area contributed by atoms with Gasteiger partial charge < -0.3 is 10.1 Å². The number of rotatable bonds is 5. The molecule has 2 fully saturated rings. The van der Waals surface area contributed by atoms with Crippen LogP contribution in [-0.2, 0) is 16.4 Å². The Hall–Kier alpha value is -2.28. The summed E-state index contributed by atoms with van der Waals surface area (Å²) < 4.78 is 43.8. The predicted octanol–water partition coefficient (Wildman–Crippen LogP) is 6.07. The van der Waals surface area contributed by atoms with Gasteiger partial charge in [0.25, 0.3) is 0 Å². The number of amides is 1. The van der Waals surface area contributed by atoms with Crippen LogP contribution in [0.1, 0.15) is 62.5 Å². The summed E-state index contributed by atoms with van der Waals surface area (Å²) in [6, 6.07) is 9.88. The van der Waals surface area contributed by atoms with Crippen molar-refractivity contribution >= 4 is 17.5 Å². The smallest absolute Gasteiger partial charge is 0.417 e. The zero-order valence-electron chi connectivity index (χ0n) is 17.6. The third-order valence-corrected chi connectivity index (χ3v) is 6.90. The highest BCUT2D eigenvalue weighted by Gasteiger charge is 2.43. The van der Waals surface area contributed by atoms with Crippen molar-refractivity contribution in [3.63, 3.8) is 0 Å². The first-order valence-corrected chi connectivity index (χ1v) is 11.4. The van der Waals surface area contributed by atoms with E-state index in [4.69, 9.17) is 16.3 Å². The molecule has 0 saturated heterocycles. The molecule has 0 aliphatic heterocycles. The van der Waals surface area contributed by atoms with Gasteiger partial charge in [0, 0.05) is 23.3 Å². The predicted molar refractivity (Wildman–Crippen MR) is 116 cm³/mol. The maximum Gasteiger partial charge on any atom is 0.417 e. The molecule has 172 valence electrons. The number of aromatic nitrogens is 1. The molecule has 0 spiro atoms. The van der Waals surface area contributed by atoms with Crippen LogP contribution in [0.15, 0.2) is 42.6 Å². The number of alkyl halides is 3. The molecule has 2 aliphatic rings. The van der Waals surface area contributed by atoms with E-state index in [0.29, 0.717) is 17.9 Å². The number of carbonyl (C=O) groups excluding carboxylic acids is 1. The van der Waals surface area contributed by atoms with Crippen molar-refractivity contribution in [2.24, 2.45) is 0 Å². The Morgan fingerprint density at radius 2 is 1.69 bits per heavy atom. The Balaban J connectivity index is 1.32. The molecule has 1 aromatic heterocycles. The van der Waals surface area contributed by atoms with E-state index in [1.807, 2.05) is 24.3 Å². The van der Waals surface area contributed by atoms with Crippen molar-refractivity contribution in [1.82, 2.24) is 10.3 Å². The molecule has 0 bridgehead atoms. The molecule has 8 heteroatoms. The molecule has 4 rings (SSSR count). The van der Waals surface area contributed by atoms with Crippen molar-refractivity contribution in [1.29, 1.82) is 0 Å². The van der Waals surface area contributed by atoms with Crippen molar-refractivity contribution in [2.75, 3.05) is 0 Å². The Morgan fingerprint density at radius 1 is 1.03 bits per heavy atom. The maximum atomic E-state index is 13.3. The molecule has 0 radical (unpaired) electrons. The van der Waals surface area contributed by atoms with E-state index < -0.39 is 17.2 Å². The Kier molecular flexibility index (Phi) is 6.65. The number of benzene rings is 1. The van der Waals surface area contributed by atoms with Gasteiger partial charge in [-0.05, 0) is 62.3 Å². The minimum Gasteiger partial charge on any atom is -0.474 e. The van der Waals surface area contributed by atoms with Gasteiger partial charge in [0.2, 0.25) is 11.8 Å². The highest BCUT2D eigenvalue weighted by atomic mass is 35.5. The number of halogens is 4. The van der Waals surface area contributed by atoms with Crippen LogP contribution in [0.5, 0.6) is 5.88 Å². The number of hydrogen-bond donors (Lipinski definition) is 1. The van der Waals surface area contributed by atoms with Crippen molar-refractivity contribution < 1.29 is 22.7 Å². The third kappa shape index (κ3) is 5.03. The Labute approximate surface area is 190 Å². The summed E-state index contributed by atoms with van der Waals surface area (Å²) in [5, 5.41) is 3.91. The van der Waals surface area contributed by atoms with E-state index in [2.05, 4.69) is 10.3 Å². The lowest BCUT2D eigenvalue weighted by Gasteiger charge is -2.34. The third-order valence-electron chi connectivity index (χ3n) is 6.65. The fraction of sp³-hybridized carbons (Fsp3) is 0.500. The second-order valence-electron chi connectivity index (χ2n) is 8.74. The minimum absolute atomic E-state index is 0.0627. The molecule has 2 aromatic rings. The molecular weight excluding hydrogens is 441 g/mol. The normalized spacial score (nSPS) is 23.0. The molecule has 1 amide bonds. The number of pyridine rings is 1. The van der Waals surface area contributed by atoms with Crippen LogP contribution in [0, 0.1) is 0 Å². The Bertz CT molecular complexity index is 918. The fourth-order valence-corrected chi connectivity index (χ4v) is 4.96. The topological polar surface area (TPSA) is 51.2 Å². The molecule has 2 saturated carbocycles. The van der Waals surface area contributed by atoms with E-state index in [1.54, 1.807) is 0 Å². The van der Waals surface area contributed by atoms with Crippen molar-refractivity contribution in [3.8, 4) is 5.88 Å². The molecule has 0 atom stereocenters. The second-order valence-corrected chi connectivity index (χ2v) is 9.18. The lowest BCUT2D eigenvalue weighted by Crippen LogP contribution is -2.48. The van der Waals surface area contributed by atoms with Gasteiger partial charge in [-0.3, -0.25) is 4.79 Å². The molecule has 0 unspecified atom stereocenters. The standard InChI is InChI=1S/C24H26ClF3N2O2/c25-18-6-3-16(4-7-18)23(13-1-2-14-23)22(31)30-19-8-10-20(11-9-19)32-21-12-5-17(15-29-21)24(26,27)28/h3-7,12,15,19-20H,1-2,8-11,13-14H2,(H,30,31). The van der Waals surface area contributed by atoms with Crippen molar-refractivity contribution in [2.45, 2.75) is 75.1 Å². The van der Waals surface area contributed by atoms with Crippen LogP contribution in [0.2, 0.25) is 5.02 Å². The lowest BCUT2D eigenvalue weighted by molar-refractivity contribution is -0.137. The second kappa shape index (κ2) is 9.30. The monoisotopic (exact) mass is 466 g/mol. The van der Waals surface area contributed by atoms with Gasteiger partial charge in [-0.1, -0.05) is 36.6 Å². The fourth-order valence-electron chi connectivity index (χ4n) is 4.83. The van der Waals surface area contributed by atoms with E-state index in [9.17, 15) is 18.0 Å². The van der Waals surface area contributed by atoms with Crippen LogP contribution >= 0.6 is 11.6 Å². The first kappa shape index (κ1) is 22.9. The van der Waals surface area contributed by atoms with E-state index in [-0.39, 0.29) is 23.9 Å².